The average molecular weight is 396 g/mol. The molecule has 1 unspecified atom stereocenters. The number of ether oxygens (including phenoxy) is 2. The zero-order valence-corrected chi connectivity index (χ0v) is 15.7. The third-order valence-corrected chi connectivity index (χ3v) is 4.22. The first-order chi connectivity index (χ1) is 13.3. The molecular formula is C19H22F2N2O5. The lowest BCUT2D eigenvalue weighted by Gasteiger charge is -2.32. The molecule has 9 heteroatoms. The van der Waals surface area contributed by atoms with Gasteiger partial charge in [0, 0.05) is 18.3 Å². The highest BCUT2D eigenvalue weighted by Crippen LogP contribution is 2.42. The van der Waals surface area contributed by atoms with E-state index < -0.39 is 31.0 Å². The van der Waals surface area contributed by atoms with Gasteiger partial charge in [0.25, 0.3) is 0 Å². The van der Waals surface area contributed by atoms with E-state index in [2.05, 4.69) is 15.4 Å². The van der Waals surface area contributed by atoms with Crippen molar-refractivity contribution in [2.75, 3.05) is 20.3 Å². The number of rotatable bonds is 7. The van der Waals surface area contributed by atoms with Crippen molar-refractivity contribution in [1.29, 1.82) is 0 Å². The summed E-state index contributed by atoms with van der Waals surface area (Å²) in [5.74, 6) is -2.54. The number of likely N-dealkylation sites (N-methyl/N-ethyl adjacent to an activating group) is 1. The molecule has 0 radical (unpaired) electrons. The summed E-state index contributed by atoms with van der Waals surface area (Å²) < 4.78 is 35.6. The van der Waals surface area contributed by atoms with Crippen LogP contribution in [0.15, 0.2) is 46.8 Å². The molecule has 0 fully saturated rings. The Balaban J connectivity index is 2.76. The second-order valence-corrected chi connectivity index (χ2v) is 5.86. The normalized spacial score (nSPS) is 16.8. The van der Waals surface area contributed by atoms with Gasteiger partial charge in [-0.05, 0) is 19.9 Å². The molecule has 1 aromatic rings. The number of carbonyl (C=O) groups excluding carboxylic acids is 2. The van der Waals surface area contributed by atoms with Gasteiger partial charge < -0.3 is 25.2 Å². The van der Waals surface area contributed by atoms with Crippen LogP contribution in [0.4, 0.5) is 8.78 Å². The molecule has 1 aliphatic rings. The van der Waals surface area contributed by atoms with E-state index in [1.807, 2.05) is 0 Å². The molecule has 0 spiro atoms. The minimum absolute atomic E-state index is 0.0176. The van der Waals surface area contributed by atoms with E-state index in [0.717, 1.165) is 0 Å². The van der Waals surface area contributed by atoms with E-state index in [9.17, 15) is 23.5 Å². The minimum atomic E-state index is -3.09. The van der Waals surface area contributed by atoms with Gasteiger partial charge in [-0.3, -0.25) is 4.79 Å². The summed E-state index contributed by atoms with van der Waals surface area (Å²) in [6.07, 6.45) is 0. The van der Waals surface area contributed by atoms with E-state index in [4.69, 9.17) is 4.74 Å². The van der Waals surface area contributed by atoms with Crippen LogP contribution in [0.1, 0.15) is 25.3 Å². The number of hydrogen-bond donors (Lipinski definition) is 3. The number of halogens is 2. The van der Waals surface area contributed by atoms with Crippen LogP contribution < -0.4 is 15.4 Å². The highest BCUT2D eigenvalue weighted by atomic mass is 19.3. The molecule has 0 bridgehead atoms. The van der Waals surface area contributed by atoms with E-state index in [-0.39, 0.29) is 34.8 Å². The van der Waals surface area contributed by atoms with Crippen LogP contribution in [0.2, 0.25) is 0 Å². The lowest BCUT2D eigenvalue weighted by molar-refractivity contribution is -0.138. The number of aliphatic hydroxyl groups is 1. The number of allylic oxidation sites excluding steroid dienone is 1. The number of benzene rings is 1. The maximum atomic E-state index is 12.9. The number of amides is 1. The summed E-state index contributed by atoms with van der Waals surface area (Å²) in [6, 6.07) is 5.88. The Morgan fingerprint density at radius 3 is 2.54 bits per heavy atom. The highest BCUT2D eigenvalue weighted by Gasteiger charge is 2.39. The van der Waals surface area contributed by atoms with Crippen LogP contribution in [0, 0.1) is 0 Å². The molecule has 2 rings (SSSR count). The van der Waals surface area contributed by atoms with E-state index >= 15 is 0 Å². The van der Waals surface area contributed by atoms with Gasteiger partial charge in [-0.25, -0.2) is 4.79 Å². The van der Waals surface area contributed by atoms with Crippen molar-refractivity contribution in [2.24, 2.45) is 0 Å². The lowest BCUT2D eigenvalue weighted by atomic mass is 9.79. The van der Waals surface area contributed by atoms with E-state index in [0.29, 0.717) is 5.70 Å². The third-order valence-electron chi connectivity index (χ3n) is 4.22. The number of alkyl halides is 2. The maximum Gasteiger partial charge on any atom is 0.387 e. The fourth-order valence-electron chi connectivity index (χ4n) is 3.14. The van der Waals surface area contributed by atoms with Crippen LogP contribution in [0.5, 0.6) is 5.75 Å². The molecule has 28 heavy (non-hydrogen) atoms. The van der Waals surface area contributed by atoms with Crippen molar-refractivity contribution in [2.45, 2.75) is 26.4 Å². The summed E-state index contributed by atoms with van der Waals surface area (Å²) >= 11 is 0. The highest BCUT2D eigenvalue weighted by molar-refractivity contribution is 6.02. The van der Waals surface area contributed by atoms with Crippen molar-refractivity contribution >= 4 is 11.9 Å². The van der Waals surface area contributed by atoms with Crippen LogP contribution >= 0.6 is 0 Å². The molecule has 0 saturated carbocycles. The first-order valence-corrected chi connectivity index (χ1v) is 8.60. The Bertz CT molecular complexity index is 820. The smallest absolute Gasteiger partial charge is 0.387 e. The predicted octanol–water partition coefficient (Wildman–Crippen LogP) is 1.80. The van der Waals surface area contributed by atoms with Crippen molar-refractivity contribution in [1.82, 2.24) is 10.6 Å². The molecule has 1 amide bonds. The van der Waals surface area contributed by atoms with Gasteiger partial charge in [-0.1, -0.05) is 18.2 Å². The monoisotopic (exact) mass is 396 g/mol. The molecule has 1 aromatic carbocycles. The van der Waals surface area contributed by atoms with Gasteiger partial charge in [0.2, 0.25) is 5.91 Å². The summed E-state index contributed by atoms with van der Waals surface area (Å²) in [7, 11) is 1.39. The molecule has 1 atom stereocenters. The minimum Gasteiger partial charge on any atom is -0.463 e. The molecular weight excluding hydrogens is 374 g/mol. The number of nitrogens with one attached hydrogen (secondary N) is 2. The second kappa shape index (κ2) is 9.32. The Hall–Kier alpha value is -2.94. The first-order valence-electron chi connectivity index (χ1n) is 8.60. The zero-order chi connectivity index (χ0) is 20.8. The van der Waals surface area contributed by atoms with Crippen LogP contribution in [0.25, 0.3) is 0 Å². The van der Waals surface area contributed by atoms with Crippen LogP contribution in [-0.4, -0.2) is 43.9 Å². The second-order valence-electron chi connectivity index (χ2n) is 5.86. The Labute approximate surface area is 161 Å². The Morgan fingerprint density at radius 2 is 1.96 bits per heavy atom. The van der Waals surface area contributed by atoms with Crippen LogP contribution in [0.3, 0.4) is 0 Å². The zero-order valence-electron chi connectivity index (χ0n) is 15.7. The van der Waals surface area contributed by atoms with E-state index in [1.54, 1.807) is 19.9 Å². The van der Waals surface area contributed by atoms with Crippen LogP contribution in [-0.2, 0) is 14.3 Å². The third kappa shape index (κ3) is 4.30. The van der Waals surface area contributed by atoms with Gasteiger partial charge >= 0.3 is 12.6 Å². The standard InChI is InChI=1S/C19H22F2N2O5/c1-4-27-18(26)14-10(2)23-12(9-24)16(17(25)22-3)15(14)11-7-5-6-8-13(11)28-19(20)21/h5-8,15,19,23-24H,4,9H2,1-3H3,(H,22,25). The predicted molar refractivity (Wildman–Crippen MR) is 96.5 cm³/mol. The van der Waals surface area contributed by atoms with Gasteiger partial charge in [0.15, 0.2) is 0 Å². The quantitative estimate of drug-likeness (QED) is 0.609. The number of carbonyl (C=O) groups is 2. The van der Waals surface area contributed by atoms with Crippen molar-refractivity contribution in [3.05, 3.63) is 52.4 Å². The SMILES string of the molecule is CCOC(=O)C1=C(C)NC(CO)=C(C(=O)NC)C1c1ccccc1OC(F)F. The fourth-order valence-corrected chi connectivity index (χ4v) is 3.14. The average Bonchev–Trinajstić information content (AvgIpc) is 2.66. The number of esters is 1. The maximum absolute atomic E-state index is 12.9. The van der Waals surface area contributed by atoms with Gasteiger partial charge in [0.1, 0.15) is 5.75 Å². The van der Waals surface area contributed by atoms with Gasteiger partial charge in [-0.2, -0.15) is 8.78 Å². The molecule has 1 heterocycles. The molecule has 0 aromatic heterocycles. The van der Waals surface area contributed by atoms with Gasteiger partial charge in [-0.15, -0.1) is 0 Å². The number of aliphatic hydroxyl groups excluding tert-OH is 1. The summed E-state index contributed by atoms with van der Waals surface area (Å²) in [4.78, 5) is 25.3. The molecule has 1 aliphatic heterocycles. The summed E-state index contributed by atoms with van der Waals surface area (Å²) in [5, 5.41) is 15.0. The Kier molecular flexibility index (Phi) is 7.11. The molecule has 152 valence electrons. The fraction of sp³-hybridized carbons (Fsp3) is 0.368. The largest absolute Gasteiger partial charge is 0.463 e. The Morgan fingerprint density at radius 1 is 1.29 bits per heavy atom. The molecule has 3 N–H and O–H groups in total. The number of para-hydroxylation sites is 1. The van der Waals surface area contributed by atoms with Crippen molar-refractivity contribution in [3.8, 4) is 5.75 Å². The summed E-state index contributed by atoms with van der Waals surface area (Å²) in [6.45, 7) is -0.328. The molecule has 0 aliphatic carbocycles. The van der Waals surface area contributed by atoms with Gasteiger partial charge in [0.05, 0.1) is 36.0 Å². The van der Waals surface area contributed by atoms with E-state index in [1.165, 1.54) is 25.2 Å². The number of hydrogen-bond acceptors (Lipinski definition) is 6. The molecule has 0 saturated heterocycles. The van der Waals surface area contributed by atoms with Crippen molar-refractivity contribution < 1.29 is 33.0 Å². The topological polar surface area (TPSA) is 96.9 Å². The molecule has 7 nitrogen and oxygen atoms in total. The summed E-state index contributed by atoms with van der Waals surface area (Å²) in [5.41, 5.74) is 0.761. The van der Waals surface area contributed by atoms with Crippen molar-refractivity contribution in [3.63, 3.8) is 0 Å². The number of dihydropyridines is 1. The lowest BCUT2D eigenvalue weighted by Crippen LogP contribution is -2.37. The first kappa shape index (κ1) is 21.4.